The van der Waals surface area contributed by atoms with Crippen molar-refractivity contribution in [2.45, 2.75) is 75.2 Å². The van der Waals surface area contributed by atoms with Crippen LogP contribution in [-0.4, -0.2) is 118 Å². The standard InChI is InChI=1S/C36H56N8O6/c1-37-14-6-10-29(39-3)34(48)42-22-28(45)21-41-33(47)20-27-17-23-8-5-9-24(16-23)25-12-13-32(46)26(18-25)19-31(40-4)36(50)44-30(35(49)43-27)11-7-15-38-2/h5,8-9,12-13,16,18,27-31,37-40,45-46H,6-7,10-11,14-15,17,19-22H2,1-4H3,(H,41,47)(H,42,48)(H,43,49)(H,44,50)/t27-,28?,29-,30-,31-/m0/s1. The molecular formula is C36H56N8O6. The van der Waals surface area contributed by atoms with Crippen LogP contribution in [-0.2, 0) is 32.0 Å². The van der Waals surface area contributed by atoms with Crippen LogP contribution < -0.4 is 42.5 Å². The summed E-state index contributed by atoms with van der Waals surface area (Å²) in [4.78, 5) is 53.0. The maximum atomic E-state index is 13.8. The molecule has 0 saturated carbocycles. The number of nitrogens with one attached hydrogen (secondary N) is 8. The molecule has 10 N–H and O–H groups in total. The molecule has 50 heavy (non-hydrogen) atoms. The highest BCUT2D eigenvalue weighted by molar-refractivity contribution is 5.90. The zero-order valence-corrected chi connectivity index (χ0v) is 29.7. The normalized spacial score (nSPS) is 19.3. The quantitative estimate of drug-likeness (QED) is 0.0941. The molecule has 1 aliphatic heterocycles. The number of carbonyl (C=O) groups is 4. The molecule has 1 unspecified atom stereocenters. The smallest absolute Gasteiger partial charge is 0.242 e. The summed E-state index contributed by atoms with van der Waals surface area (Å²) in [5.41, 5.74) is 3.21. The highest BCUT2D eigenvalue weighted by Crippen LogP contribution is 2.28. The summed E-state index contributed by atoms with van der Waals surface area (Å²) in [5.74, 6) is -1.33. The van der Waals surface area contributed by atoms with E-state index in [-0.39, 0.29) is 49.4 Å². The van der Waals surface area contributed by atoms with Gasteiger partial charge in [-0.15, -0.1) is 0 Å². The van der Waals surface area contributed by atoms with Crippen molar-refractivity contribution in [2.24, 2.45) is 0 Å². The van der Waals surface area contributed by atoms with Crippen molar-refractivity contribution in [1.29, 1.82) is 0 Å². The lowest BCUT2D eigenvalue weighted by molar-refractivity contribution is -0.131. The number of hydrogen-bond acceptors (Lipinski definition) is 10. The Morgan fingerprint density at radius 2 is 1.60 bits per heavy atom. The van der Waals surface area contributed by atoms with E-state index in [1.807, 2.05) is 50.5 Å². The van der Waals surface area contributed by atoms with Gasteiger partial charge in [-0.05, 0) is 108 Å². The molecule has 2 aromatic rings. The van der Waals surface area contributed by atoms with E-state index in [1.165, 1.54) is 0 Å². The Balaban J connectivity index is 1.77. The average Bonchev–Trinajstić information content (AvgIpc) is 3.10. The second kappa shape index (κ2) is 21.2. The van der Waals surface area contributed by atoms with Gasteiger partial charge in [-0.3, -0.25) is 19.2 Å². The average molecular weight is 697 g/mol. The number of benzene rings is 2. The van der Waals surface area contributed by atoms with Crippen molar-refractivity contribution < 1.29 is 29.4 Å². The van der Waals surface area contributed by atoms with Crippen LogP contribution in [0.5, 0.6) is 5.75 Å². The van der Waals surface area contributed by atoms with Gasteiger partial charge in [0, 0.05) is 32.0 Å². The van der Waals surface area contributed by atoms with Gasteiger partial charge in [0.25, 0.3) is 0 Å². The minimum atomic E-state index is -1.01. The number of amides is 4. The monoisotopic (exact) mass is 696 g/mol. The molecule has 4 amide bonds. The van der Waals surface area contributed by atoms with E-state index in [0.29, 0.717) is 37.8 Å². The Bertz CT molecular complexity index is 1410. The Labute approximate surface area is 295 Å². The zero-order chi connectivity index (χ0) is 36.5. The number of aromatic hydroxyl groups is 1. The first-order chi connectivity index (χ1) is 24.1. The van der Waals surface area contributed by atoms with Crippen molar-refractivity contribution in [2.75, 3.05) is 54.4 Å². The molecule has 5 atom stereocenters. The molecule has 0 aliphatic carbocycles. The van der Waals surface area contributed by atoms with Gasteiger partial charge in [-0.25, -0.2) is 0 Å². The van der Waals surface area contributed by atoms with Crippen molar-refractivity contribution in [3.05, 3.63) is 53.6 Å². The molecule has 0 saturated heterocycles. The van der Waals surface area contributed by atoms with E-state index >= 15 is 0 Å². The molecule has 0 fully saturated rings. The number of fused-ring (bicyclic) bond motifs is 5. The topological polar surface area (TPSA) is 205 Å². The van der Waals surface area contributed by atoms with Gasteiger partial charge >= 0.3 is 0 Å². The maximum absolute atomic E-state index is 13.8. The van der Waals surface area contributed by atoms with Gasteiger partial charge in [-0.2, -0.15) is 0 Å². The van der Waals surface area contributed by atoms with Crippen LogP contribution in [0.15, 0.2) is 42.5 Å². The molecule has 14 nitrogen and oxygen atoms in total. The summed E-state index contributed by atoms with van der Waals surface area (Å²) < 4.78 is 0. The minimum Gasteiger partial charge on any atom is -0.508 e. The number of phenols is 1. The van der Waals surface area contributed by atoms with E-state index in [1.54, 1.807) is 20.2 Å². The molecule has 1 aliphatic rings. The van der Waals surface area contributed by atoms with Crippen LogP contribution in [0.4, 0.5) is 0 Å². The zero-order valence-electron chi connectivity index (χ0n) is 29.7. The molecule has 3 rings (SSSR count). The first-order valence-corrected chi connectivity index (χ1v) is 17.5. The lowest BCUT2D eigenvalue weighted by Crippen LogP contribution is -2.55. The molecule has 0 spiro atoms. The van der Waals surface area contributed by atoms with Gasteiger partial charge in [0.1, 0.15) is 11.8 Å². The van der Waals surface area contributed by atoms with Crippen LogP contribution in [0.2, 0.25) is 0 Å². The van der Waals surface area contributed by atoms with Crippen molar-refractivity contribution >= 4 is 23.6 Å². The van der Waals surface area contributed by atoms with E-state index in [2.05, 4.69) is 42.5 Å². The number of hydrogen-bond donors (Lipinski definition) is 10. The van der Waals surface area contributed by atoms with E-state index in [9.17, 15) is 29.4 Å². The predicted molar refractivity (Wildman–Crippen MR) is 193 cm³/mol. The van der Waals surface area contributed by atoms with E-state index in [0.717, 1.165) is 29.7 Å². The van der Waals surface area contributed by atoms with Crippen molar-refractivity contribution in [3.63, 3.8) is 0 Å². The Hall–Kier alpha value is -4.08. The second-order valence-electron chi connectivity index (χ2n) is 12.8. The molecular weight excluding hydrogens is 640 g/mol. The van der Waals surface area contributed by atoms with Gasteiger partial charge in [0.15, 0.2) is 0 Å². The molecule has 4 bridgehead atoms. The summed E-state index contributed by atoms with van der Waals surface area (Å²) in [5, 5.41) is 44.6. The van der Waals surface area contributed by atoms with Crippen LogP contribution >= 0.6 is 0 Å². The summed E-state index contributed by atoms with van der Waals surface area (Å²) in [6.07, 6.45) is 1.87. The fraction of sp³-hybridized carbons (Fsp3) is 0.556. The fourth-order valence-electron chi connectivity index (χ4n) is 5.97. The number of carbonyl (C=O) groups excluding carboxylic acids is 4. The van der Waals surface area contributed by atoms with Crippen molar-refractivity contribution in [1.82, 2.24) is 42.5 Å². The minimum absolute atomic E-state index is 0.0309. The number of aliphatic hydroxyl groups excluding tert-OH is 1. The molecule has 14 heteroatoms. The van der Waals surface area contributed by atoms with Crippen LogP contribution in [0.3, 0.4) is 0 Å². The number of likely N-dealkylation sites (N-methyl/N-ethyl adjacent to an activating group) is 2. The summed E-state index contributed by atoms with van der Waals surface area (Å²) in [6, 6.07) is 10.4. The van der Waals surface area contributed by atoms with Crippen LogP contribution in [0.25, 0.3) is 11.1 Å². The van der Waals surface area contributed by atoms with Crippen molar-refractivity contribution in [3.8, 4) is 16.9 Å². The molecule has 0 aromatic heterocycles. The lowest BCUT2D eigenvalue weighted by Gasteiger charge is -2.25. The predicted octanol–water partition coefficient (Wildman–Crippen LogP) is -0.714. The van der Waals surface area contributed by atoms with Crippen LogP contribution in [0.1, 0.15) is 43.2 Å². The molecule has 0 radical (unpaired) electrons. The summed E-state index contributed by atoms with van der Waals surface area (Å²) >= 11 is 0. The summed E-state index contributed by atoms with van der Waals surface area (Å²) in [6.45, 7) is 1.31. The highest BCUT2D eigenvalue weighted by atomic mass is 16.3. The number of rotatable bonds is 17. The first kappa shape index (κ1) is 40.4. The number of aliphatic hydroxyl groups is 1. The number of phenolic OH excluding ortho intramolecular Hbond substituents is 1. The molecule has 2 aromatic carbocycles. The SMILES string of the molecule is CNCCC[C@H](NC)C(=O)NCC(O)CNC(=O)C[C@@H]1Cc2cccc(c2)-c2ccc(O)c(c2)C[C@H](NC)C(=O)N[C@@H](CCCNC)C(=O)N1. The maximum Gasteiger partial charge on any atom is 0.242 e. The third-order valence-corrected chi connectivity index (χ3v) is 8.87. The molecule has 1 heterocycles. The third kappa shape index (κ3) is 13.0. The Morgan fingerprint density at radius 1 is 0.880 bits per heavy atom. The van der Waals surface area contributed by atoms with Gasteiger partial charge in [0.05, 0.1) is 18.2 Å². The second-order valence-corrected chi connectivity index (χ2v) is 12.8. The molecule has 276 valence electrons. The van der Waals surface area contributed by atoms with E-state index < -0.39 is 36.2 Å². The van der Waals surface area contributed by atoms with Crippen LogP contribution in [0, 0.1) is 0 Å². The lowest BCUT2D eigenvalue weighted by atomic mass is 9.95. The highest BCUT2D eigenvalue weighted by Gasteiger charge is 2.28. The van der Waals surface area contributed by atoms with E-state index in [4.69, 9.17) is 0 Å². The Kier molecular flexibility index (Phi) is 17.1. The van der Waals surface area contributed by atoms with Gasteiger partial charge in [0.2, 0.25) is 23.6 Å². The van der Waals surface area contributed by atoms with Gasteiger partial charge < -0.3 is 52.7 Å². The fourth-order valence-corrected chi connectivity index (χ4v) is 5.97. The largest absolute Gasteiger partial charge is 0.508 e. The Morgan fingerprint density at radius 3 is 2.32 bits per heavy atom. The first-order valence-electron chi connectivity index (χ1n) is 17.5. The third-order valence-electron chi connectivity index (χ3n) is 8.87. The summed E-state index contributed by atoms with van der Waals surface area (Å²) in [7, 11) is 7.03. The van der Waals surface area contributed by atoms with Gasteiger partial charge in [-0.1, -0.05) is 30.3 Å².